The number of nitrogen functional groups attached to an aromatic ring is 1. The van der Waals surface area contributed by atoms with Gasteiger partial charge in [-0.05, 0) is 25.0 Å². The van der Waals surface area contributed by atoms with Gasteiger partial charge in [0.2, 0.25) is 0 Å². The summed E-state index contributed by atoms with van der Waals surface area (Å²) in [6.45, 7) is 3.31. The number of aromatic nitrogens is 2. The summed E-state index contributed by atoms with van der Waals surface area (Å²) in [7, 11) is 0. The van der Waals surface area contributed by atoms with Crippen molar-refractivity contribution in [1.29, 1.82) is 5.26 Å². The lowest BCUT2D eigenvalue weighted by Gasteiger charge is -2.17. The maximum absolute atomic E-state index is 12.5. The third-order valence-corrected chi connectivity index (χ3v) is 4.87. The predicted molar refractivity (Wildman–Crippen MR) is 110 cm³/mol. The van der Waals surface area contributed by atoms with E-state index in [1.165, 1.54) is 11.4 Å². The zero-order chi connectivity index (χ0) is 19.8. The van der Waals surface area contributed by atoms with E-state index in [1.807, 2.05) is 60.7 Å². The smallest absolute Gasteiger partial charge is 0.163 e. The van der Waals surface area contributed by atoms with Gasteiger partial charge in [-0.1, -0.05) is 60.7 Å². The lowest BCUT2D eigenvalue weighted by atomic mass is 9.89. The van der Waals surface area contributed by atoms with Gasteiger partial charge < -0.3 is 5.73 Å². The number of rotatable bonds is 3. The first-order chi connectivity index (χ1) is 13.5. The highest BCUT2D eigenvalue weighted by atomic mass is 16.1. The van der Waals surface area contributed by atoms with E-state index in [1.54, 1.807) is 6.92 Å². The number of ketones is 1. The third kappa shape index (κ3) is 2.55. The monoisotopic (exact) mass is 366 g/mol. The lowest BCUT2D eigenvalue weighted by molar-refractivity contribution is 0.101. The number of anilines is 1. The van der Waals surface area contributed by atoms with Crippen LogP contribution in [0.5, 0.6) is 0 Å². The van der Waals surface area contributed by atoms with Gasteiger partial charge in [0.1, 0.15) is 17.5 Å². The average Bonchev–Trinajstić information content (AvgIpc) is 3.06. The summed E-state index contributed by atoms with van der Waals surface area (Å²) in [6, 6.07) is 21.6. The number of aryl methyl sites for hydroxylation is 1. The van der Waals surface area contributed by atoms with Gasteiger partial charge in [-0.3, -0.25) is 4.79 Å². The molecule has 4 aromatic rings. The molecule has 0 radical (unpaired) electrons. The van der Waals surface area contributed by atoms with E-state index in [-0.39, 0.29) is 11.6 Å². The van der Waals surface area contributed by atoms with Crippen LogP contribution in [-0.4, -0.2) is 15.4 Å². The Hall–Kier alpha value is -3.91. The van der Waals surface area contributed by atoms with E-state index in [2.05, 4.69) is 11.2 Å². The zero-order valence-corrected chi connectivity index (χ0v) is 15.6. The van der Waals surface area contributed by atoms with Crippen LogP contribution in [0.2, 0.25) is 0 Å². The standard InChI is InChI=1S/C23H18N4O/c1-14-19(15(2)28)22-21(17-11-7-4-8-12-17)20(16-9-5-3-6-10-16)18(13-24)23(25)27(22)26-14/h3-12H,25H2,1-2H3. The van der Waals surface area contributed by atoms with Crippen LogP contribution in [0.1, 0.15) is 28.5 Å². The number of Topliss-reactive ketones (excluding diaryl/α,β-unsaturated/α-hetero) is 1. The summed E-state index contributed by atoms with van der Waals surface area (Å²) < 4.78 is 1.53. The SMILES string of the molecule is CC(=O)c1c(C)nn2c(N)c(C#N)c(-c3ccccc3)c(-c3ccccc3)c12. The highest BCUT2D eigenvalue weighted by molar-refractivity contribution is 6.10. The maximum atomic E-state index is 12.5. The molecule has 0 saturated carbocycles. The van der Waals surface area contributed by atoms with Gasteiger partial charge in [-0.2, -0.15) is 10.4 Å². The van der Waals surface area contributed by atoms with Crippen molar-refractivity contribution in [3.05, 3.63) is 77.5 Å². The Morgan fingerprint density at radius 1 is 1.00 bits per heavy atom. The second-order valence-corrected chi connectivity index (χ2v) is 6.63. The van der Waals surface area contributed by atoms with Gasteiger partial charge in [0, 0.05) is 11.1 Å². The molecule has 4 rings (SSSR count). The fourth-order valence-corrected chi connectivity index (χ4v) is 3.72. The minimum Gasteiger partial charge on any atom is -0.383 e. The molecule has 2 heterocycles. The van der Waals surface area contributed by atoms with Crippen molar-refractivity contribution in [1.82, 2.24) is 9.61 Å². The quantitative estimate of drug-likeness (QED) is 0.536. The molecule has 5 heteroatoms. The number of carbonyl (C=O) groups is 1. The number of fused-ring (bicyclic) bond motifs is 1. The molecule has 28 heavy (non-hydrogen) atoms. The number of nitrogens with zero attached hydrogens (tertiary/aromatic N) is 3. The molecule has 2 aromatic carbocycles. The fraction of sp³-hybridized carbons (Fsp3) is 0.0870. The molecule has 0 unspecified atom stereocenters. The van der Waals surface area contributed by atoms with E-state index in [9.17, 15) is 10.1 Å². The molecule has 0 fully saturated rings. The van der Waals surface area contributed by atoms with Gasteiger partial charge in [-0.25, -0.2) is 4.52 Å². The Balaban J connectivity index is 2.32. The number of benzene rings is 2. The van der Waals surface area contributed by atoms with E-state index in [0.717, 1.165) is 16.7 Å². The van der Waals surface area contributed by atoms with Crippen LogP contribution in [0.3, 0.4) is 0 Å². The molecule has 5 nitrogen and oxygen atoms in total. The topological polar surface area (TPSA) is 84.2 Å². The normalized spacial score (nSPS) is 10.8. The Kier molecular flexibility index (Phi) is 4.17. The molecule has 0 saturated heterocycles. The number of carbonyl (C=O) groups excluding carboxylic acids is 1. The first-order valence-corrected chi connectivity index (χ1v) is 8.91. The third-order valence-electron chi connectivity index (χ3n) is 4.87. The van der Waals surface area contributed by atoms with Crippen LogP contribution < -0.4 is 5.73 Å². The average molecular weight is 366 g/mol. The van der Waals surface area contributed by atoms with Gasteiger partial charge in [-0.15, -0.1) is 0 Å². The molecule has 2 N–H and O–H groups in total. The summed E-state index contributed by atoms with van der Waals surface area (Å²) in [5.74, 6) is 0.138. The maximum Gasteiger partial charge on any atom is 0.163 e. The van der Waals surface area contributed by atoms with Crippen molar-refractivity contribution in [3.8, 4) is 28.3 Å². The minimum absolute atomic E-state index is 0.0900. The van der Waals surface area contributed by atoms with E-state index < -0.39 is 0 Å². The minimum atomic E-state index is -0.0900. The van der Waals surface area contributed by atoms with E-state index in [0.29, 0.717) is 27.9 Å². The van der Waals surface area contributed by atoms with Crippen LogP contribution in [0, 0.1) is 18.3 Å². The molecule has 0 aliphatic carbocycles. The number of nitrogens with two attached hydrogens (primary N) is 1. The van der Waals surface area contributed by atoms with Crippen LogP contribution in [-0.2, 0) is 0 Å². The Labute approximate surface area is 162 Å². The Morgan fingerprint density at radius 3 is 2.04 bits per heavy atom. The van der Waals surface area contributed by atoms with Gasteiger partial charge in [0.05, 0.1) is 16.8 Å². The van der Waals surface area contributed by atoms with Gasteiger partial charge in [0.15, 0.2) is 5.78 Å². The largest absolute Gasteiger partial charge is 0.383 e. The van der Waals surface area contributed by atoms with Crippen LogP contribution >= 0.6 is 0 Å². The van der Waals surface area contributed by atoms with Gasteiger partial charge in [0.25, 0.3) is 0 Å². The number of nitriles is 1. The number of pyridine rings is 1. The predicted octanol–water partition coefficient (Wildman–Crippen LogP) is 4.63. The summed E-state index contributed by atoms with van der Waals surface area (Å²) in [6.07, 6.45) is 0. The molecule has 0 aliphatic rings. The van der Waals surface area contributed by atoms with E-state index >= 15 is 0 Å². The molecular weight excluding hydrogens is 348 g/mol. The molecule has 136 valence electrons. The van der Waals surface area contributed by atoms with Crippen LogP contribution in [0.4, 0.5) is 5.82 Å². The summed E-state index contributed by atoms with van der Waals surface area (Å²) >= 11 is 0. The second-order valence-electron chi connectivity index (χ2n) is 6.63. The fourth-order valence-electron chi connectivity index (χ4n) is 3.72. The molecule has 0 bridgehead atoms. The van der Waals surface area contributed by atoms with Crippen molar-refractivity contribution in [3.63, 3.8) is 0 Å². The van der Waals surface area contributed by atoms with Crippen molar-refractivity contribution in [2.24, 2.45) is 0 Å². The number of hydrogen-bond donors (Lipinski definition) is 1. The molecule has 0 spiro atoms. The highest BCUT2D eigenvalue weighted by Gasteiger charge is 2.26. The summed E-state index contributed by atoms with van der Waals surface area (Å²) in [4.78, 5) is 12.5. The van der Waals surface area contributed by atoms with Crippen molar-refractivity contribution >= 4 is 17.1 Å². The molecule has 2 aromatic heterocycles. The van der Waals surface area contributed by atoms with E-state index in [4.69, 9.17) is 5.73 Å². The second kappa shape index (κ2) is 6.67. The van der Waals surface area contributed by atoms with Crippen molar-refractivity contribution < 1.29 is 4.79 Å². The molecule has 0 aliphatic heterocycles. The molecule has 0 amide bonds. The first-order valence-electron chi connectivity index (χ1n) is 8.91. The van der Waals surface area contributed by atoms with Crippen molar-refractivity contribution in [2.45, 2.75) is 13.8 Å². The lowest BCUT2D eigenvalue weighted by Crippen LogP contribution is -2.07. The zero-order valence-electron chi connectivity index (χ0n) is 15.6. The first kappa shape index (κ1) is 17.5. The molecule has 0 atom stereocenters. The van der Waals surface area contributed by atoms with Crippen LogP contribution in [0.15, 0.2) is 60.7 Å². The summed E-state index contributed by atoms with van der Waals surface area (Å²) in [5, 5.41) is 14.4. The molecular formula is C23H18N4O. The Morgan fingerprint density at radius 2 is 1.54 bits per heavy atom. The van der Waals surface area contributed by atoms with Gasteiger partial charge >= 0.3 is 0 Å². The van der Waals surface area contributed by atoms with Crippen LogP contribution in [0.25, 0.3) is 27.8 Å². The highest BCUT2D eigenvalue weighted by Crippen LogP contribution is 2.42. The Bertz CT molecular complexity index is 1250. The van der Waals surface area contributed by atoms with Crippen molar-refractivity contribution in [2.75, 3.05) is 5.73 Å². The number of hydrogen-bond acceptors (Lipinski definition) is 4. The summed E-state index contributed by atoms with van der Waals surface area (Å²) in [5.41, 5.74) is 11.7.